The molecule has 1 N–H and O–H groups in total. The minimum atomic E-state index is -0.214. The second kappa shape index (κ2) is 5.25. The molecule has 0 radical (unpaired) electrons. The van der Waals surface area contributed by atoms with Crippen molar-refractivity contribution in [3.8, 4) is 0 Å². The van der Waals surface area contributed by atoms with Gasteiger partial charge in [0.1, 0.15) is 5.82 Å². The molecule has 0 spiro atoms. The maximum Gasteiger partial charge on any atom is 0.137 e. The van der Waals surface area contributed by atoms with Gasteiger partial charge in [0.25, 0.3) is 0 Å². The van der Waals surface area contributed by atoms with E-state index < -0.39 is 0 Å². The fraction of sp³-hybridized carbons (Fsp3) is 0.500. The van der Waals surface area contributed by atoms with Gasteiger partial charge in [-0.25, -0.2) is 4.39 Å². The number of benzene rings is 1. The van der Waals surface area contributed by atoms with Crippen molar-refractivity contribution in [1.29, 1.82) is 0 Å². The van der Waals surface area contributed by atoms with Gasteiger partial charge in [-0.2, -0.15) is 0 Å². The molecule has 1 saturated heterocycles. The summed E-state index contributed by atoms with van der Waals surface area (Å²) in [5.74, 6) is -0.214. The highest BCUT2D eigenvalue weighted by Gasteiger charge is 2.18. The van der Waals surface area contributed by atoms with E-state index in [1.165, 1.54) is 0 Å². The van der Waals surface area contributed by atoms with Gasteiger partial charge in [-0.3, -0.25) is 0 Å². The molecule has 0 bridgehead atoms. The van der Waals surface area contributed by atoms with E-state index in [2.05, 4.69) is 21.2 Å². The third-order valence-corrected chi connectivity index (χ3v) is 3.50. The van der Waals surface area contributed by atoms with Crippen molar-refractivity contribution >= 4 is 15.9 Å². The highest BCUT2D eigenvalue weighted by atomic mass is 79.9. The van der Waals surface area contributed by atoms with Crippen LogP contribution in [0.4, 0.5) is 4.39 Å². The lowest BCUT2D eigenvalue weighted by molar-refractivity contribution is 0.188. The van der Waals surface area contributed by atoms with Gasteiger partial charge in [-0.1, -0.05) is 6.07 Å². The predicted octanol–water partition coefficient (Wildman–Crippen LogP) is 3.03. The van der Waals surface area contributed by atoms with Crippen molar-refractivity contribution in [2.75, 3.05) is 13.2 Å². The Morgan fingerprint density at radius 2 is 2.38 bits per heavy atom. The van der Waals surface area contributed by atoms with Gasteiger partial charge in [0.05, 0.1) is 11.1 Å². The van der Waals surface area contributed by atoms with E-state index >= 15 is 0 Å². The lowest BCUT2D eigenvalue weighted by atomic mass is 10.1. The highest BCUT2D eigenvalue weighted by Crippen LogP contribution is 2.21. The van der Waals surface area contributed by atoms with E-state index in [4.69, 9.17) is 4.74 Å². The van der Waals surface area contributed by atoms with Crippen LogP contribution in [-0.4, -0.2) is 19.3 Å². The summed E-state index contributed by atoms with van der Waals surface area (Å²) in [4.78, 5) is 0. The first kappa shape index (κ1) is 12.0. The molecule has 2 atom stereocenters. The Morgan fingerprint density at radius 1 is 1.56 bits per heavy atom. The number of halogens is 2. The second-order valence-electron chi connectivity index (χ2n) is 4.12. The number of hydrogen-bond acceptors (Lipinski definition) is 2. The van der Waals surface area contributed by atoms with Crippen molar-refractivity contribution < 1.29 is 9.13 Å². The molecule has 1 aliphatic heterocycles. The summed E-state index contributed by atoms with van der Waals surface area (Å²) >= 11 is 3.15. The molecule has 2 nitrogen and oxygen atoms in total. The van der Waals surface area contributed by atoms with Crippen molar-refractivity contribution in [2.45, 2.75) is 25.4 Å². The fourth-order valence-corrected chi connectivity index (χ4v) is 2.14. The summed E-state index contributed by atoms with van der Waals surface area (Å²) in [5.41, 5.74) is 0.965. The molecule has 1 aromatic carbocycles. The van der Waals surface area contributed by atoms with E-state index in [0.29, 0.717) is 10.5 Å². The molecule has 4 heteroatoms. The van der Waals surface area contributed by atoms with Crippen LogP contribution in [-0.2, 0) is 4.74 Å². The SMILES string of the molecule is CC(NC1CCOC1)c1ccc(Br)c(F)c1. The van der Waals surface area contributed by atoms with Crippen LogP contribution in [0.2, 0.25) is 0 Å². The lowest BCUT2D eigenvalue weighted by Crippen LogP contribution is -2.31. The van der Waals surface area contributed by atoms with Gasteiger partial charge in [-0.05, 0) is 47.0 Å². The van der Waals surface area contributed by atoms with Gasteiger partial charge >= 0.3 is 0 Å². The molecule has 88 valence electrons. The molecule has 1 aliphatic rings. The van der Waals surface area contributed by atoms with Crippen LogP contribution < -0.4 is 5.32 Å². The number of hydrogen-bond donors (Lipinski definition) is 1. The molecule has 0 saturated carbocycles. The first-order chi connectivity index (χ1) is 7.66. The first-order valence-corrected chi connectivity index (χ1v) is 6.25. The van der Waals surface area contributed by atoms with Crippen LogP contribution in [0.25, 0.3) is 0 Å². The Bertz CT molecular complexity index is 366. The normalized spacial score (nSPS) is 22.3. The summed E-state index contributed by atoms with van der Waals surface area (Å²) in [5, 5.41) is 3.43. The molecule has 1 aromatic rings. The van der Waals surface area contributed by atoms with Crippen LogP contribution >= 0.6 is 15.9 Å². The van der Waals surface area contributed by atoms with E-state index in [1.807, 2.05) is 13.0 Å². The maximum absolute atomic E-state index is 13.4. The zero-order valence-corrected chi connectivity index (χ0v) is 10.8. The Labute approximate surface area is 103 Å². The average molecular weight is 288 g/mol. The largest absolute Gasteiger partial charge is 0.380 e. The molecule has 0 aromatic heterocycles. The molecule has 2 rings (SSSR count). The minimum absolute atomic E-state index is 0.147. The van der Waals surface area contributed by atoms with E-state index in [1.54, 1.807) is 12.1 Å². The third kappa shape index (κ3) is 2.81. The summed E-state index contributed by atoms with van der Waals surface area (Å²) in [6.45, 7) is 3.61. The Hall–Kier alpha value is -0.450. The zero-order valence-electron chi connectivity index (χ0n) is 9.17. The maximum atomic E-state index is 13.4. The van der Waals surface area contributed by atoms with E-state index in [9.17, 15) is 4.39 Å². The molecular formula is C12H15BrFNO. The topological polar surface area (TPSA) is 21.3 Å². The van der Waals surface area contributed by atoms with Gasteiger partial charge in [0, 0.05) is 18.7 Å². The smallest absolute Gasteiger partial charge is 0.137 e. The van der Waals surface area contributed by atoms with Crippen LogP contribution in [0.15, 0.2) is 22.7 Å². The number of ether oxygens (including phenoxy) is 1. The van der Waals surface area contributed by atoms with Crippen molar-refractivity contribution in [3.05, 3.63) is 34.1 Å². The summed E-state index contributed by atoms with van der Waals surface area (Å²) in [6, 6.07) is 5.78. The zero-order chi connectivity index (χ0) is 11.5. The average Bonchev–Trinajstić information content (AvgIpc) is 2.74. The van der Waals surface area contributed by atoms with E-state index in [0.717, 1.165) is 25.2 Å². The predicted molar refractivity (Wildman–Crippen MR) is 64.9 cm³/mol. The molecule has 2 unspecified atom stereocenters. The molecular weight excluding hydrogens is 273 g/mol. The quantitative estimate of drug-likeness (QED) is 0.923. The standard InChI is InChI=1S/C12H15BrFNO/c1-8(15-10-4-5-16-7-10)9-2-3-11(13)12(14)6-9/h2-3,6,8,10,15H,4-5,7H2,1H3. The third-order valence-electron chi connectivity index (χ3n) is 2.86. The summed E-state index contributed by atoms with van der Waals surface area (Å²) in [7, 11) is 0. The van der Waals surface area contributed by atoms with Crippen LogP contribution in [0.3, 0.4) is 0 Å². The number of nitrogens with one attached hydrogen (secondary N) is 1. The first-order valence-electron chi connectivity index (χ1n) is 5.45. The Kier molecular flexibility index (Phi) is 3.95. The minimum Gasteiger partial charge on any atom is -0.380 e. The van der Waals surface area contributed by atoms with Crippen LogP contribution in [0.1, 0.15) is 24.9 Å². The molecule has 1 heterocycles. The van der Waals surface area contributed by atoms with E-state index in [-0.39, 0.29) is 11.9 Å². The highest BCUT2D eigenvalue weighted by molar-refractivity contribution is 9.10. The molecule has 0 aliphatic carbocycles. The monoisotopic (exact) mass is 287 g/mol. The van der Waals surface area contributed by atoms with Crippen molar-refractivity contribution in [1.82, 2.24) is 5.32 Å². The van der Waals surface area contributed by atoms with Crippen molar-refractivity contribution in [3.63, 3.8) is 0 Å². The van der Waals surface area contributed by atoms with Gasteiger partial charge < -0.3 is 10.1 Å². The number of rotatable bonds is 3. The summed E-state index contributed by atoms with van der Waals surface area (Å²) in [6.07, 6.45) is 1.03. The van der Waals surface area contributed by atoms with Gasteiger partial charge in [-0.15, -0.1) is 0 Å². The lowest BCUT2D eigenvalue weighted by Gasteiger charge is -2.18. The van der Waals surface area contributed by atoms with Gasteiger partial charge in [0.15, 0.2) is 0 Å². The second-order valence-corrected chi connectivity index (χ2v) is 4.98. The van der Waals surface area contributed by atoms with Crippen LogP contribution in [0, 0.1) is 5.82 Å². The molecule has 1 fully saturated rings. The Balaban J connectivity index is 2.02. The van der Waals surface area contributed by atoms with Crippen molar-refractivity contribution in [2.24, 2.45) is 0 Å². The molecule has 0 amide bonds. The fourth-order valence-electron chi connectivity index (χ4n) is 1.90. The Morgan fingerprint density at radius 3 is 3.00 bits per heavy atom. The van der Waals surface area contributed by atoms with Crippen LogP contribution in [0.5, 0.6) is 0 Å². The van der Waals surface area contributed by atoms with Gasteiger partial charge in [0.2, 0.25) is 0 Å². The summed E-state index contributed by atoms with van der Waals surface area (Å²) < 4.78 is 19.2. The molecule has 16 heavy (non-hydrogen) atoms.